The third-order valence-electron chi connectivity index (χ3n) is 6.18. The standard InChI is InChI=1S/C21H34N2O2/c24-19(17-25-20-10-4-1-5-11-20)16-22-18-21(12-6-2-7-13-21)23-14-8-3-9-15-23/h1,4-5,10-11,19,22,24H,2-3,6-9,12-18H2/p+2/t19-/m0/s1. The van der Waals surface area contributed by atoms with Gasteiger partial charge in [-0.2, -0.15) is 0 Å². The highest BCUT2D eigenvalue weighted by Crippen LogP contribution is 2.25. The quantitative estimate of drug-likeness (QED) is 0.650. The average Bonchev–Trinajstić information content (AvgIpc) is 2.69. The van der Waals surface area contributed by atoms with Gasteiger partial charge in [0.2, 0.25) is 0 Å². The molecule has 1 aliphatic carbocycles. The molecule has 4 nitrogen and oxygen atoms in total. The first-order valence-electron chi connectivity index (χ1n) is 10.3. The number of aliphatic hydroxyl groups is 1. The second kappa shape index (κ2) is 9.56. The molecule has 0 bridgehead atoms. The van der Waals surface area contributed by atoms with E-state index in [4.69, 9.17) is 4.74 Å². The molecule has 2 aliphatic rings. The number of benzene rings is 1. The first-order chi connectivity index (χ1) is 12.3. The Kier molecular flexibility index (Phi) is 7.14. The van der Waals surface area contributed by atoms with Gasteiger partial charge in [-0.05, 0) is 44.2 Å². The summed E-state index contributed by atoms with van der Waals surface area (Å²) >= 11 is 0. The fourth-order valence-electron chi connectivity index (χ4n) is 4.77. The number of nitrogens with two attached hydrogens (primary N) is 1. The summed E-state index contributed by atoms with van der Waals surface area (Å²) in [5.41, 5.74) is 0.457. The van der Waals surface area contributed by atoms with E-state index in [1.54, 1.807) is 0 Å². The maximum atomic E-state index is 10.3. The minimum atomic E-state index is -0.405. The number of aliphatic hydroxyl groups excluding tert-OH is 1. The number of ether oxygens (including phenoxy) is 1. The zero-order valence-electron chi connectivity index (χ0n) is 15.6. The number of nitrogens with one attached hydrogen (secondary N) is 1. The maximum absolute atomic E-state index is 10.3. The van der Waals surface area contributed by atoms with Gasteiger partial charge < -0.3 is 20.1 Å². The molecule has 0 amide bonds. The van der Waals surface area contributed by atoms with Crippen LogP contribution >= 0.6 is 0 Å². The van der Waals surface area contributed by atoms with Crippen LogP contribution in [-0.4, -0.2) is 49.5 Å². The van der Waals surface area contributed by atoms with Crippen molar-refractivity contribution in [1.82, 2.24) is 0 Å². The number of piperidine rings is 1. The van der Waals surface area contributed by atoms with Crippen LogP contribution in [0.1, 0.15) is 51.4 Å². The van der Waals surface area contributed by atoms with Crippen LogP contribution in [0.4, 0.5) is 0 Å². The summed E-state index contributed by atoms with van der Waals surface area (Å²) < 4.78 is 5.68. The van der Waals surface area contributed by atoms with Crippen molar-refractivity contribution < 1.29 is 20.1 Å². The Morgan fingerprint density at radius 2 is 1.68 bits per heavy atom. The van der Waals surface area contributed by atoms with Gasteiger partial charge in [-0.15, -0.1) is 0 Å². The van der Waals surface area contributed by atoms with Crippen molar-refractivity contribution in [3.63, 3.8) is 0 Å². The van der Waals surface area contributed by atoms with E-state index in [0.29, 0.717) is 12.1 Å². The summed E-state index contributed by atoms with van der Waals surface area (Å²) in [4.78, 5) is 1.85. The third-order valence-corrected chi connectivity index (χ3v) is 6.18. The first-order valence-corrected chi connectivity index (χ1v) is 10.3. The summed E-state index contributed by atoms with van der Waals surface area (Å²) in [6.07, 6.45) is 10.7. The lowest BCUT2D eigenvalue weighted by Gasteiger charge is -2.43. The van der Waals surface area contributed by atoms with Crippen molar-refractivity contribution in [3.05, 3.63) is 30.3 Å². The van der Waals surface area contributed by atoms with E-state index in [1.807, 2.05) is 35.2 Å². The van der Waals surface area contributed by atoms with Gasteiger partial charge in [0.1, 0.15) is 37.1 Å². The minimum Gasteiger partial charge on any atom is -0.491 e. The van der Waals surface area contributed by atoms with Crippen LogP contribution in [0.3, 0.4) is 0 Å². The highest BCUT2D eigenvalue weighted by Gasteiger charge is 2.43. The molecular weight excluding hydrogens is 312 g/mol. The molecule has 1 saturated carbocycles. The Morgan fingerprint density at radius 1 is 1.00 bits per heavy atom. The molecule has 1 aliphatic heterocycles. The van der Waals surface area contributed by atoms with E-state index >= 15 is 0 Å². The Morgan fingerprint density at radius 3 is 2.40 bits per heavy atom. The normalized spacial score (nSPS) is 22.4. The molecule has 0 unspecified atom stereocenters. The molecular formula is C21H36N2O2+2. The van der Waals surface area contributed by atoms with Gasteiger partial charge in [-0.3, -0.25) is 0 Å². The molecule has 0 spiro atoms. The van der Waals surface area contributed by atoms with Gasteiger partial charge in [0, 0.05) is 12.8 Å². The zero-order valence-corrected chi connectivity index (χ0v) is 15.6. The Labute approximate surface area is 152 Å². The van der Waals surface area contributed by atoms with Crippen molar-refractivity contribution in [1.29, 1.82) is 0 Å². The number of rotatable bonds is 8. The lowest BCUT2D eigenvalue weighted by Crippen LogP contribution is -3.24. The van der Waals surface area contributed by atoms with Crippen LogP contribution in [0.15, 0.2) is 30.3 Å². The predicted molar refractivity (Wildman–Crippen MR) is 100.0 cm³/mol. The summed E-state index contributed by atoms with van der Waals surface area (Å²) in [7, 11) is 0. The van der Waals surface area contributed by atoms with Crippen molar-refractivity contribution in [3.8, 4) is 5.75 Å². The monoisotopic (exact) mass is 348 g/mol. The molecule has 1 atom stereocenters. The van der Waals surface area contributed by atoms with E-state index < -0.39 is 6.10 Å². The minimum absolute atomic E-state index is 0.379. The highest BCUT2D eigenvalue weighted by atomic mass is 16.5. The molecule has 1 aromatic rings. The molecule has 4 N–H and O–H groups in total. The second-order valence-electron chi connectivity index (χ2n) is 8.01. The highest BCUT2D eigenvalue weighted by molar-refractivity contribution is 5.20. The van der Waals surface area contributed by atoms with Gasteiger partial charge in [0.25, 0.3) is 0 Å². The molecule has 1 saturated heterocycles. The van der Waals surface area contributed by atoms with Gasteiger partial charge in [-0.1, -0.05) is 24.6 Å². The number of hydrogen-bond acceptors (Lipinski definition) is 2. The van der Waals surface area contributed by atoms with E-state index in [1.165, 1.54) is 64.5 Å². The smallest absolute Gasteiger partial charge is 0.147 e. The van der Waals surface area contributed by atoms with Crippen LogP contribution in [0.2, 0.25) is 0 Å². The summed E-state index contributed by atoms with van der Waals surface area (Å²) in [6.45, 7) is 4.98. The summed E-state index contributed by atoms with van der Waals surface area (Å²) in [5, 5.41) is 12.6. The van der Waals surface area contributed by atoms with Crippen molar-refractivity contribution in [2.24, 2.45) is 0 Å². The molecule has 0 aromatic heterocycles. The zero-order chi connectivity index (χ0) is 17.4. The Hall–Kier alpha value is -1.10. The molecule has 3 rings (SSSR count). The van der Waals surface area contributed by atoms with Crippen LogP contribution < -0.4 is 15.0 Å². The van der Waals surface area contributed by atoms with E-state index in [2.05, 4.69) is 5.32 Å². The Balaban J connectivity index is 1.44. The molecule has 2 fully saturated rings. The lowest BCUT2D eigenvalue weighted by molar-refractivity contribution is -0.972. The predicted octanol–water partition coefficient (Wildman–Crippen LogP) is 0.761. The van der Waals surface area contributed by atoms with Gasteiger partial charge in [0.05, 0.1) is 13.1 Å². The van der Waals surface area contributed by atoms with E-state index in [9.17, 15) is 5.11 Å². The molecule has 140 valence electrons. The maximum Gasteiger partial charge on any atom is 0.147 e. The fourth-order valence-corrected chi connectivity index (χ4v) is 4.77. The second-order valence-corrected chi connectivity index (χ2v) is 8.01. The van der Waals surface area contributed by atoms with Crippen LogP contribution in [-0.2, 0) is 0 Å². The fraction of sp³-hybridized carbons (Fsp3) is 0.714. The van der Waals surface area contributed by atoms with Crippen molar-refractivity contribution in [2.45, 2.75) is 63.0 Å². The van der Waals surface area contributed by atoms with Crippen molar-refractivity contribution in [2.75, 3.05) is 32.8 Å². The number of quaternary nitrogens is 2. The molecule has 1 heterocycles. The average molecular weight is 349 g/mol. The SMILES string of the molecule is O[C@@H](C[NH2+]CC1([NH+]2CCCCC2)CCCCC1)COc1ccccc1. The molecule has 25 heavy (non-hydrogen) atoms. The van der Waals surface area contributed by atoms with Gasteiger partial charge in [0.15, 0.2) is 0 Å². The number of para-hydroxylation sites is 1. The number of likely N-dealkylation sites (tertiary alicyclic amines) is 1. The van der Waals surface area contributed by atoms with E-state index in [0.717, 1.165) is 18.8 Å². The van der Waals surface area contributed by atoms with Gasteiger partial charge in [-0.25, -0.2) is 0 Å². The topological polar surface area (TPSA) is 50.5 Å². The third kappa shape index (κ3) is 5.44. The van der Waals surface area contributed by atoms with Crippen LogP contribution in [0, 0.1) is 0 Å². The van der Waals surface area contributed by atoms with E-state index in [-0.39, 0.29) is 0 Å². The molecule has 1 aromatic carbocycles. The van der Waals surface area contributed by atoms with Crippen molar-refractivity contribution >= 4 is 0 Å². The number of hydrogen-bond donors (Lipinski definition) is 3. The summed E-state index contributed by atoms with van der Waals surface area (Å²) in [5.74, 6) is 0.836. The first kappa shape index (κ1) is 18.7. The lowest BCUT2D eigenvalue weighted by atomic mass is 9.79. The van der Waals surface area contributed by atoms with Crippen LogP contribution in [0.25, 0.3) is 0 Å². The molecule has 4 heteroatoms. The largest absolute Gasteiger partial charge is 0.491 e. The summed E-state index contributed by atoms with van der Waals surface area (Å²) in [6, 6.07) is 9.77. The van der Waals surface area contributed by atoms with Crippen LogP contribution in [0.5, 0.6) is 5.75 Å². The molecule has 0 radical (unpaired) electrons. The van der Waals surface area contributed by atoms with Gasteiger partial charge >= 0.3 is 0 Å². The Bertz CT molecular complexity index is 482.